The number of carbonyl (C=O) groups excluding carboxylic acids is 1. The molecule has 162 valence electrons. The molecule has 0 amide bonds. The van der Waals surface area contributed by atoms with Crippen molar-refractivity contribution >= 4 is 34.2 Å². The van der Waals surface area contributed by atoms with E-state index in [4.69, 9.17) is 10.5 Å². The number of anilines is 3. The third-order valence-electron chi connectivity index (χ3n) is 5.33. The molecule has 0 radical (unpaired) electrons. The summed E-state index contributed by atoms with van der Waals surface area (Å²) in [5.74, 6) is 0.793. The first-order valence-corrected chi connectivity index (χ1v) is 10.6. The predicted molar refractivity (Wildman–Crippen MR) is 123 cm³/mol. The summed E-state index contributed by atoms with van der Waals surface area (Å²) in [5, 5.41) is 4.36. The van der Waals surface area contributed by atoms with E-state index in [0.717, 1.165) is 41.8 Å². The van der Waals surface area contributed by atoms with Gasteiger partial charge in [-0.05, 0) is 57.9 Å². The quantitative estimate of drug-likeness (QED) is 0.612. The van der Waals surface area contributed by atoms with Crippen molar-refractivity contribution in [3.05, 3.63) is 54.7 Å². The van der Waals surface area contributed by atoms with Gasteiger partial charge in [0.2, 0.25) is 0 Å². The number of fused-ring (bicyclic) bond motifs is 1. The first-order valence-electron chi connectivity index (χ1n) is 10.6. The van der Waals surface area contributed by atoms with Gasteiger partial charge in [-0.2, -0.15) is 0 Å². The summed E-state index contributed by atoms with van der Waals surface area (Å²) in [4.78, 5) is 23.8. The third kappa shape index (κ3) is 4.94. The molecule has 0 spiro atoms. The topological polar surface area (TPSA) is 93.4 Å². The maximum Gasteiger partial charge on any atom is 0.312 e. The standard InChI is InChI=1S/C24H29N5O2/c1-24(2,3)31-23(30)18-8-6-14-29(22(18)25)17-12-13-26-21(15-17)28-20-11-10-16-7-4-5-9-19(16)27-20/h4-5,7,9-13,15,18,22H,6,8,14,25H2,1-3H3,(H,26,27,28). The normalized spacial score (nSPS) is 19.3. The highest BCUT2D eigenvalue weighted by Crippen LogP contribution is 2.30. The van der Waals surface area contributed by atoms with Gasteiger partial charge in [0.05, 0.1) is 17.6 Å². The van der Waals surface area contributed by atoms with E-state index in [1.54, 1.807) is 6.20 Å². The molecular formula is C24H29N5O2. The number of nitrogens with two attached hydrogens (primary N) is 1. The van der Waals surface area contributed by atoms with Crippen LogP contribution in [0.1, 0.15) is 33.6 Å². The highest BCUT2D eigenvalue weighted by Gasteiger charge is 2.36. The van der Waals surface area contributed by atoms with Gasteiger partial charge >= 0.3 is 5.97 Å². The van der Waals surface area contributed by atoms with Crippen LogP contribution in [0.25, 0.3) is 10.9 Å². The van der Waals surface area contributed by atoms with Gasteiger partial charge in [-0.1, -0.05) is 18.2 Å². The summed E-state index contributed by atoms with van der Waals surface area (Å²) < 4.78 is 5.59. The highest BCUT2D eigenvalue weighted by atomic mass is 16.6. The van der Waals surface area contributed by atoms with Crippen molar-refractivity contribution in [2.45, 2.75) is 45.4 Å². The SMILES string of the molecule is CC(C)(C)OC(=O)C1CCCN(c2ccnc(Nc3ccc4ccccc4n3)c2)C1N. The number of ether oxygens (including phenoxy) is 1. The molecule has 0 aliphatic carbocycles. The average molecular weight is 420 g/mol. The molecule has 7 nitrogen and oxygen atoms in total. The summed E-state index contributed by atoms with van der Waals surface area (Å²) in [6.45, 7) is 6.40. The van der Waals surface area contributed by atoms with Crippen molar-refractivity contribution in [2.24, 2.45) is 11.7 Å². The zero-order valence-corrected chi connectivity index (χ0v) is 18.2. The van der Waals surface area contributed by atoms with Crippen molar-refractivity contribution < 1.29 is 9.53 Å². The number of nitrogens with one attached hydrogen (secondary N) is 1. The van der Waals surface area contributed by atoms with Crippen molar-refractivity contribution in [1.29, 1.82) is 0 Å². The molecule has 2 aromatic heterocycles. The monoisotopic (exact) mass is 419 g/mol. The predicted octanol–water partition coefficient (Wildman–Crippen LogP) is 4.22. The van der Waals surface area contributed by atoms with Gasteiger partial charge < -0.3 is 20.7 Å². The molecular weight excluding hydrogens is 390 g/mol. The minimum Gasteiger partial charge on any atom is -0.460 e. The summed E-state index contributed by atoms with van der Waals surface area (Å²) in [5.41, 5.74) is 7.82. The maximum atomic E-state index is 12.7. The summed E-state index contributed by atoms with van der Waals surface area (Å²) >= 11 is 0. The average Bonchev–Trinajstić information content (AvgIpc) is 2.73. The van der Waals surface area contributed by atoms with Gasteiger partial charge in [0.25, 0.3) is 0 Å². The number of benzene rings is 1. The Morgan fingerprint density at radius 2 is 1.97 bits per heavy atom. The van der Waals surface area contributed by atoms with E-state index in [-0.39, 0.29) is 11.9 Å². The van der Waals surface area contributed by atoms with Crippen LogP contribution in [-0.4, -0.2) is 34.2 Å². The molecule has 1 saturated heterocycles. The molecule has 2 atom stereocenters. The minimum absolute atomic E-state index is 0.238. The molecule has 3 heterocycles. The molecule has 4 rings (SSSR count). The molecule has 1 aliphatic rings. The van der Waals surface area contributed by atoms with Crippen molar-refractivity contribution in [2.75, 3.05) is 16.8 Å². The van der Waals surface area contributed by atoms with Crippen LogP contribution in [0.5, 0.6) is 0 Å². The molecule has 0 bridgehead atoms. The van der Waals surface area contributed by atoms with Crippen LogP contribution >= 0.6 is 0 Å². The minimum atomic E-state index is -0.528. The van der Waals surface area contributed by atoms with Crippen LogP contribution < -0.4 is 16.0 Å². The highest BCUT2D eigenvalue weighted by molar-refractivity contribution is 5.80. The van der Waals surface area contributed by atoms with E-state index in [1.807, 2.05) is 69.3 Å². The third-order valence-corrected chi connectivity index (χ3v) is 5.33. The smallest absolute Gasteiger partial charge is 0.312 e. The lowest BCUT2D eigenvalue weighted by Gasteiger charge is -2.40. The Hall–Kier alpha value is -3.19. The number of carbonyl (C=O) groups is 1. The number of piperidine rings is 1. The molecule has 7 heteroatoms. The molecule has 1 fully saturated rings. The lowest BCUT2D eigenvalue weighted by atomic mass is 9.94. The zero-order valence-electron chi connectivity index (χ0n) is 18.2. The van der Waals surface area contributed by atoms with Crippen molar-refractivity contribution in [1.82, 2.24) is 9.97 Å². The number of nitrogens with zero attached hydrogens (tertiary/aromatic N) is 3. The van der Waals surface area contributed by atoms with Crippen molar-refractivity contribution in [3.63, 3.8) is 0 Å². The number of aromatic nitrogens is 2. The maximum absolute atomic E-state index is 12.7. The Balaban J connectivity index is 1.52. The lowest BCUT2D eigenvalue weighted by Crippen LogP contribution is -2.54. The molecule has 3 N–H and O–H groups in total. The largest absolute Gasteiger partial charge is 0.460 e. The Kier molecular flexibility index (Phi) is 5.78. The van der Waals surface area contributed by atoms with E-state index in [2.05, 4.69) is 20.2 Å². The zero-order chi connectivity index (χ0) is 22.0. The fourth-order valence-electron chi connectivity index (χ4n) is 3.89. The van der Waals surface area contributed by atoms with Crippen LogP contribution in [0.4, 0.5) is 17.3 Å². The molecule has 31 heavy (non-hydrogen) atoms. The second-order valence-electron chi connectivity index (χ2n) is 8.88. The van der Waals surface area contributed by atoms with Crippen LogP contribution in [0.15, 0.2) is 54.7 Å². The summed E-state index contributed by atoms with van der Waals surface area (Å²) in [6.07, 6.45) is 2.89. The fourth-order valence-corrected chi connectivity index (χ4v) is 3.89. The van der Waals surface area contributed by atoms with Crippen molar-refractivity contribution in [3.8, 4) is 0 Å². The van der Waals surface area contributed by atoms with Crippen LogP contribution in [0.2, 0.25) is 0 Å². The van der Waals surface area contributed by atoms with Gasteiger partial charge in [0.15, 0.2) is 0 Å². The number of hydrogen-bond acceptors (Lipinski definition) is 7. The van der Waals surface area contributed by atoms with Gasteiger partial charge in [-0.25, -0.2) is 9.97 Å². The summed E-state index contributed by atoms with van der Waals surface area (Å²) in [7, 11) is 0. The fraction of sp³-hybridized carbons (Fsp3) is 0.375. The Bertz CT molecular complexity index is 1080. The van der Waals surface area contributed by atoms with Crippen LogP contribution in [0.3, 0.4) is 0 Å². The van der Waals surface area contributed by atoms with Gasteiger partial charge in [-0.3, -0.25) is 4.79 Å². The molecule has 2 unspecified atom stereocenters. The van der Waals surface area contributed by atoms with Gasteiger partial charge in [0, 0.05) is 29.9 Å². The molecule has 3 aromatic rings. The number of esters is 1. The lowest BCUT2D eigenvalue weighted by molar-refractivity contribution is -0.161. The second kappa shape index (κ2) is 8.51. The first kappa shape index (κ1) is 21.1. The second-order valence-corrected chi connectivity index (χ2v) is 8.88. The number of pyridine rings is 2. The van der Waals surface area contributed by atoms with E-state index in [1.165, 1.54) is 0 Å². The summed E-state index contributed by atoms with van der Waals surface area (Å²) in [6, 6.07) is 15.8. The Morgan fingerprint density at radius 1 is 1.16 bits per heavy atom. The van der Waals surface area contributed by atoms with E-state index in [9.17, 15) is 4.79 Å². The Labute approximate surface area is 182 Å². The molecule has 1 aliphatic heterocycles. The molecule has 0 saturated carbocycles. The number of rotatable bonds is 4. The van der Waals surface area contributed by atoms with Crippen LogP contribution in [0, 0.1) is 5.92 Å². The van der Waals surface area contributed by atoms with Gasteiger partial charge in [0.1, 0.15) is 17.2 Å². The van der Waals surface area contributed by atoms with Crippen LogP contribution in [-0.2, 0) is 9.53 Å². The molecule has 1 aromatic carbocycles. The number of hydrogen-bond donors (Lipinski definition) is 2. The van der Waals surface area contributed by atoms with E-state index < -0.39 is 11.8 Å². The number of para-hydroxylation sites is 1. The van der Waals surface area contributed by atoms with Gasteiger partial charge in [-0.15, -0.1) is 0 Å². The van der Waals surface area contributed by atoms with E-state index in [0.29, 0.717) is 5.82 Å². The van der Waals surface area contributed by atoms with E-state index >= 15 is 0 Å². The Morgan fingerprint density at radius 3 is 2.77 bits per heavy atom. The first-order chi connectivity index (χ1) is 14.8.